The Labute approximate surface area is 136 Å². The zero-order valence-corrected chi connectivity index (χ0v) is 13.2. The lowest BCUT2D eigenvalue weighted by atomic mass is 9.89. The predicted molar refractivity (Wildman–Crippen MR) is 82.7 cm³/mol. The molecule has 2 aromatic rings. The minimum atomic E-state index is -0.622. The molecule has 0 N–H and O–H groups in total. The van der Waals surface area contributed by atoms with Crippen LogP contribution in [0.2, 0.25) is 0 Å². The van der Waals surface area contributed by atoms with Gasteiger partial charge in [0.2, 0.25) is 5.89 Å². The van der Waals surface area contributed by atoms with E-state index in [0.29, 0.717) is 28.3 Å². The summed E-state index contributed by atoms with van der Waals surface area (Å²) in [5.41, 5.74) is 0.258. The number of nitro benzene ring substituents is 1. The number of nitrogens with zero attached hydrogens (tertiary/aromatic N) is 3. The molecule has 0 atom stereocenters. The summed E-state index contributed by atoms with van der Waals surface area (Å²) in [6, 6.07) is 3.54. The highest BCUT2D eigenvalue weighted by atomic mass is 32.2. The molecule has 0 bridgehead atoms. The van der Waals surface area contributed by atoms with Gasteiger partial charge in [0, 0.05) is 17.7 Å². The zero-order valence-electron chi connectivity index (χ0n) is 12.4. The predicted octanol–water partition coefficient (Wildman–Crippen LogP) is 4.46. The van der Waals surface area contributed by atoms with Crippen molar-refractivity contribution in [3.8, 4) is 0 Å². The van der Waals surface area contributed by atoms with Crippen molar-refractivity contribution in [1.82, 2.24) is 10.2 Å². The van der Waals surface area contributed by atoms with Crippen LogP contribution in [-0.4, -0.2) is 15.1 Å². The Kier molecular flexibility index (Phi) is 4.90. The Hall–Kier alpha value is -1.96. The molecule has 1 aliphatic rings. The second kappa shape index (κ2) is 7.08. The highest BCUT2D eigenvalue weighted by Gasteiger charge is 2.21. The smallest absolute Gasteiger partial charge is 0.276 e. The van der Waals surface area contributed by atoms with Crippen molar-refractivity contribution in [3.05, 3.63) is 45.6 Å². The number of hydrogen-bond donors (Lipinski definition) is 0. The molecule has 1 heterocycles. The fourth-order valence-corrected chi connectivity index (χ4v) is 3.46. The van der Waals surface area contributed by atoms with Gasteiger partial charge in [-0.05, 0) is 24.5 Å². The van der Waals surface area contributed by atoms with Crippen LogP contribution in [0.3, 0.4) is 0 Å². The molecular formula is C15H16FN3O3S. The van der Waals surface area contributed by atoms with Gasteiger partial charge in [0.1, 0.15) is 5.82 Å². The molecule has 0 spiro atoms. The second-order valence-corrected chi connectivity index (χ2v) is 6.53. The van der Waals surface area contributed by atoms with E-state index in [0.717, 1.165) is 18.9 Å². The maximum atomic E-state index is 13.4. The van der Waals surface area contributed by atoms with E-state index in [1.54, 1.807) is 0 Å². The first-order chi connectivity index (χ1) is 11.1. The molecule has 1 aliphatic carbocycles. The largest absolute Gasteiger partial charge is 0.416 e. The van der Waals surface area contributed by atoms with E-state index < -0.39 is 10.7 Å². The first kappa shape index (κ1) is 15.9. The van der Waals surface area contributed by atoms with Gasteiger partial charge in [-0.15, -0.1) is 10.2 Å². The third kappa shape index (κ3) is 4.07. The van der Waals surface area contributed by atoms with E-state index in [-0.39, 0.29) is 5.69 Å². The summed E-state index contributed by atoms with van der Waals surface area (Å²) in [7, 11) is 0. The molecule has 1 saturated carbocycles. The van der Waals surface area contributed by atoms with Crippen LogP contribution in [-0.2, 0) is 5.75 Å². The van der Waals surface area contributed by atoms with E-state index in [2.05, 4.69) is 10.2 Å². The summed E-state index contributed by atoms with van der Waals surface area (Å²) in [6.07, 6.45) is 5.76. The molecule has 0 unspecified atom stereocenters. The molecule has 0 radical (unpaired) electrons. The summed E-state index contributed by atoms with van der Waals surface area (Å²) in [5, 5.41) is 19.3. The zero-order chi connectivity index (χ0) is 16.2. The highest BCUT2D eigenvalue weighted by Crippen LogP contribution is 2.33. The second-order valence-electron chi connectivity index (χ2n) is 5.60. The van der Waals surface area contributed by atoms with Crippen LogP contribution in [0.25, 0.3) is 0 Å². The normalized spacial score (nSPS) is 15.7. The lowest BCUT2D eigenvalue weighted by molar-refractivity contribution is -0.385. The van der Waals surface area contributed by atoms with E-state index in [1.165, 1.54) is 43.2 Å². The maximum absolute atomic E-state index is 13.4. The Morgan fingerprint density at radius 3 is 2.78 bits per heavy atom. The van der Waals surface area contributed by atoms with Crippen LogP contribution >= 0.6 is 11.8 Å². The summed E-state index contributed by atoms with van der Waals surface area (Å²) in [5.74, 6) is 0.715. The standard InChI is InChI=1S/C15H16FN3O3S/c16-12-6-10(7-13(8-12)19(20)21)9-23-15-18-17-14(22-15)11-4-2-1-3-5-11/h6-8,11H,1-5,9H2. The fourth-order valence-electron chi connectivity index (χ4n) is 2.76. The number of hydrogen-bond acceptors (Lipinski definition) is 6. The number of nitro groups is 1. The van der Waals surface area contributed by atoms with Crippen LogP contribution in [0.5, 0.6) is 0 Å². The van der Waals surface area contributed by atoms with Crippen molar-refractivity contribution < 1.29 is 13.7 Å². The molecule has 1 fully saturated rings. The summed E-state index contributed by atoms with van der Waals surface area (Å²) < 4.78 is 19.1. The van der Waals surface area contributed by atoms with E-state index in [1.807, 2.05) is 0 Å². The Balaban J connectivity index is 1.64. The molecule has 3 rings (SSSR count). The van der Waals surface area contributed by atoms with Gasteiger partial charge in [0.25, 0.3) is 10.9 Å². The van der Waals surface area contributed by atoms with Crippen LogP contribution in [0.15, 0.2) is 27.8 Å². The van der Waals surface area contributed by atoms with Gasteiger partial charge in [-0.1, -0.05) is 31.0 Å². The molecule has 0 saturated heterocycles. The minimum Gasteiger partial charge on any atom is -0.416 e. The Morgan fingerprint density at radius 1 is 1.26 bits per heavy atom. The first-order valence-corrected chi connectivity index (χ1v) is 8.50. The molecule has 122 valence electrons. The topological polar surface area (TPSA) is 82.1 Å². The van der Waals surface area contributed by atoms with Gasteiger partial charge in [-0.25, -0.2) is 4.39 Å². The molecule has 1 aromatic heterocycles. The Bertz CT molecular complexity index is 701. The van der Waals surface area contributed by atoms with Gasteiger partial charge in [0.05, 0.1) is 11.0 Å². The number of thioether (sulfide) groups is 1. The number of benzene rings is 1. The maximum Gasteiger partial charge on any atom is 0.276 e. The number of rotatable bonds is 5. The molecule has 0 aliphatic heterocycles. The van der Waals surface area contributed by atoms with Crippen LogP contribution in [0.1, 0.15) is 49.5 Å². The van der Waals surface area contributed by atoms with E-state index in [9.17, 15) is 14.5 Å². The van der Waals surface area contributed by atoms with Crippen LogP contribution in [0.4, 0.5) is 10.1 Å². The number of non-ortho nitro benzene ring substituents is 1. The molecule has 0 amide bonds. The molecular weight excluding hydrogens is 321 g/mol. The van der Waals surface area contributed by atoms with Gasteiger partial charge >= 0.3 is 0 Å². The van der Waals surface area contributed by atoms with Crippen molar-refractivity contribution in [2.75, 3.05) is 0 Å². The van der Waals surface area contributed by atoms with Crippen LogP contribution in [0, 0.1) is 15.9 Å². The van der Waals surface area contributed by atoms with E-state index >= 15 is 0 Å². The molecule has 23 heavy (non-hydrogen) atoms. The first-order valence-electron chi connectivity index (χ1n) is 7.52. The van der Waals surface area contributed by atoms with Gasteiger partial charge in [0.15, 0.2) is 0 Å². The van der Waals surface area contributed by atoms with Crippen LogP contribution < -0.4 is 0 Å². The summed E-state index contributed by atoms with van der Waals surface area (Å²) in [6.45, 7) is 0. The highest BCUT2D eigenvalue weighted by molar-refractivity contribution is 7.98. The van der Waals surface area contributed by atoms with Crippen molar-refractivity contribution in [2.24, 2.45) is 0 Å². The minimum absolute atomic E-state index is 0.256. The average molecular weight is 337 g/mol. The third-order valence-corrected chi connectivity index (χ3v) is 4.78. The quantitative estimate of drug-likeness (QED) is 0.455. The lowest BCUT2D eigenvalue weighted by Crippen LogP contribution is -2.04. The molecule has 6 nitrogen and oxygen atoms in total. The lowest BCUT2D eigenvalue weighted by Gasteiger charge is -2.17. The molecule has 1 aromatic carbocycles. The number of aromatic nitrogens is 2. The third-order valence-electron chi connectivity index (χ3n) is 3.89. The van der Waals surface area contributed by atoms with Gasteiger partial charge < -0.3 is 4.42 Å². The van der Waals surface area contributed by atoms with Crippen molar-refractivity contribution in [1.29, 1.82) is 0 Å². The average Bonchev–Trinajstić information content (AvgIpc) is 3.02. The Morgan fingerprint density at radius 2 is 2.04 bits per heavy atom. The summed E-state index contributed by atoms with van der Waals surface area (Å²) >= 11 is 1.26. The molecule has 8 heteroatoms. The van der Waals surface area contributed by atoms with Crippen molar-refractivity contribution in [2.45, 2.75) is 49.0 Å². The van der Waals surface area contributed by atoms with Gasteiger partial charge in [-0.2, -0.15) is 0 Å². The monoisotopic (exact) mass is 337 g/mol. The van der Waals surface area contributed by atoms with Gasteiger partial charge in [-0.3, -0.25) is 10.1 Å². The summed E-state index contributed by atoms with van der Waals surface area (Å²) in [4.78, 5) is 10.1. The fraction of sp³-hybridized carbons (Fsp3) is 0.467. The van der Waals surface area contributed by atoms with Crippen molar-refractivity contribution >= 4 is 17.4 Å². The number of halogens is 1. The SMILES string of the molecule is O=[N+]([O-])c1cc(F)cc(CSc2nnc(C3CCCCC3)o2)c1. The van der Waals surface area contributed by atoms with E-state index in [4.69, 9.17) is 4.42 Å². The van der Waals surface area contributed by atoms with Crippen molar-refractivity contribution in [3.63, 3.8) is 0 Å².